The maximum Gasteiger partial charge on any atom is 0.0814 e. The van der Waals surface area contributed by atoms with Crippen LogP contribution in [0.1, 0.15) is 0 Å². The van der Waals surface area contributed by atoms with E-state index < -0.39 is 0 Å². The average molecular weight is 210 g/mol. The normalized spacial score (nSPS) is 7.75. The molecule has 0 spiro atoms. The SMILES string of the molecule is B.[N-]=[N+]=[N-].c1ccc(-c2ccccc2)cc1. The van der Waals surface area contributed by atoms with E-state index in [1.54, 1.807) is 0 Å². The summed E-state index contributed by atoms with van der Waals surface area (Å²) in [5.41, 5.74) is 16.1. The van der Waals surface area contributed by atoms with Gasteiger partial charge in [-0.3, -0.25) is 4.91 Å². The molecule has 0 atom stereocenters. The zero-order valence-electron chi connectivity index (χ0n) is 8.12. The Balaban J connectivity index is 0.000000511. The van der Waals surface area contributed by atoms with Crippen molar-refractivity contribution in [3.8, 4) is 11.1 Å². The largest absolute Gasteiger partial charge is 0.373 e. The highest BCUT2D eigenvalue weighted by atomic mass is 15.0. The standard InChI is InChI=1S/C12H10.BH3.N3/c1-3-7-11(8-4-1)12-9-5-2-6-10-12;;1-3-2/h1-10H;1H3;/q;;-1. The Hall–Kier alpha value is -2.19. The van der Waals surface area contributed by atoms with Gasteiger partial charge in [0.05, 0.1) is 8.41 Å². The van der Waals surface area contributed by atoms with Crippen LogP contribution in [0.4, 0.5) is 0 Å². The van der Waals surface area contributed by atoms with E-state index in [1.165, 1.54) is 16.0 Å². The van der Waals surface area contributed by atoms with Crippen LogP contribution in [0, 0.1) is 0 Å². The zero-order valence-corrected chi connectivity index (χ0v) is 8.12. The average Bonchev–Trinajstić information content (AvgIpc) is 2.32. The molecule has 0 aliphatic heterocycles. The van der Waals surface area contributed by atoms with Gasteiger partial charge in [0.15, 0.2) is 0 Å². The monoisotopic (exact) mass is 210 g/mol. The molecular formula is C12H13BN3-. The van der Waals surface area contributed by atoms with Crippen LogP contribution >= 0.6 is 0 Å². The minimum absolute atomic E-state index is 0. The summed E-state index contributed by atoms with van der Waals surface area (Å²) in [7, 11) is 0. The summed E-state index contributed by atoms with van der Waals surface area (Å²) in [5.74, 6) is 0. The lowest BCUT2D eigenvalue weighted by atomic mass is 10.1. The van der Waals surface area contributed by atoms with E-state index in [1.807, 2.05) is 12.1 Å². The van der Waals surface area contributed by atoms with Crippen molar-refractivity contribution in [3.63, 3.8) is 0 Å². The van der Waals surface area contributed by atoms with Crippen LogP contribution in [0.2, 0.25) is 0 Å². The Morgan fingerprint density at radius 2 is 0.875 bits per heavy atom. The molecule has 0 unspecified atom stereocenters. The fourth-order valence-corrected chi connectivity index (χ4v) is 1.26. The van der Waals surface area contributed by atoms with Crippen molar-refractivity contribution in [1.29, 1.82) is 0 Å². The molecule has 0 fully saturated rings. The predicted octanol–water partition coefficient (Wildman–Crippen LogP) is 3.04. The second-order valence-corrected chi connectivity index (χ2v) is 2.82. The molecule has 2 aromatic carbocycles. The number of rotatable bonds is 1. The third-order valence-corrected chi connectivity index (χ3v) is 1.88. The second-order valence-electron chi connectivity index (χ2n) is 2.82. The highest BCUT2D eigenvalue weighted by molar-refractivity contribution is 5.75. The van der Waals surface area contributed by atoms with Crippen LogP contribution in [0.25, 0.3) is 27.1 Å². The van der Waals surface area contributed by atoms with Crippen molar-refractivity contribution >= 4 is 8.41 Å². The van der Waals surface area contributed by atoms with Gasteiger partial charge in [-0.25, -0.2) is 0 Å². The van der Waals surface area contributed by atoms with Crippen LogP contribution in [0.5, 0.6) is 0 Å². The molecule has 16 heavy (non-hydrogen) atoms. The van der Waals surface area contributed by atoms with Gasteiger partial charge in [0.1, 0.15) is 0 Å². The van der Waals surface area contributed by atoms with E-state index in [-0.39, 0.29) is 8.41 Å². The summed E-state index contributed by atoms with van der Waals surface area (Å²) in [5, 5.41) is 0. The third-order valence-electron chi connectivity index (χ3n) is 1.88. The Morgan fingerprint density at radius 1 is 0.625 bits per heavy atom. The van der Waals surface area contributed by atoms with Gasteiger partial charge in [-0.15, -0.1) is 0 Å². The topological polar surface area (TPSA) is 58.7 Å². The van der Waals surface area contributed by atoms with Crippen molar-refractivity contribution in [3.05, 3.63) is 76.6 Å². The van der Waals surface area contributed by atoms with Crippen molar-refractivity contribution in [2.24, 2.45) is 0 Å². The van der Waals surface area contributed by atoms with Crippen molar-refractivity contribution < 1.29 is 0 Å². The van der Waals surface area contributed by atoms with Gasteiger partial charge in [0.2, 0.25) is 0 Å². The zero-order chi connectivity index (χ0) is 10.9. The maximum atomic E-state index is 6.75. The molecule has 0 aliphatic rings. The molecule has 0 aromatic heterocycles. The molecule has 0 bridgehead atoms. The fraction of sp³-hybridized carbons (Fsp3) is 0. The third kappa shape index (κ3) is 4.35. The minimum Gasteiger partial charge on any atom is -0.373 e. The second kappa shape index (κ2) is 8.15. The molecule has 0 amide bonds. The summed E-state index contributed by atoms with van der Waals surface area (Å²) in [6.45, 7) is 0. The predicted molar refractivity (Wildman–Crippen MR) is 71.9 cm³/mol. The molecule has 80 valence electrons. The van der Waals surface area contributed by atoms with Gasteiger partial charge in [-0.05, 0) is 11.1 Å². The maximum absolute atomic E-state index is 6.75. The van der Waals surface area contributed by atoms with Gasteiger partial charge in [0, 0.05) is 0 Å². The summed E-state index contributed by atoms with van der Waals surface area (Å²) in [6.07, 6.45) is 0. The Labute approximate surface area is 96.7 Å². The molecule has 3 nitrogen and oxygen atoms in total. The number of hydrogen-bond acceptors (Lipinski definition) is 0. The first-order valence-electron chi connectivity index (χ1n) is 4.47. The van der Waals surface area contributed by atoms with Crippen molar-refractivity contribution in [2.45, 2.75) is 0 Å². The summed E-state index contributed by atoms with van der Waals surface area (Å²) in [4.78, 5) is 1.50. The quantitative estimate of drug-likeness (QED) is 0.300. The molecule has 4 heteroatoms. The molecule has 0 aliphatic carbocycles. The van der Waals surface area contributed by atoms with Gasteiger partial charge in [-0.2, -0.15) is 0 Å². The molecule has 0 heterocycles. The number of benzene rings is 2. The van der Waals surface area contributed by atoms with Crippen LogP contribution < -0.4 is 0 Å². The molecule has 2 rings (SSSR count). The van der Waals surface area contributed by atoms with Crippen LogP contribution in [0.3, 0.4) is 0 Å². The van der Waals surface area contributed by atoms with Crippen LogP contribution in [0.15, 0.2) is 60.7 Å². The van der Waals surface area contributed by atoms with Crippen LogP contribution in [-0.4, -0.2) is 8.41 Å². The van der Waals surface area contributed by atoms with Crippen molar-refractivity contribution in [2.75, 3.05) is 0 Å². The lowest BCUT2D eigenvalue weighted by Gasteiger charge is -1.98. The van der Waals surface area contributed by atoms with Gasteiger partial charge in [-0.1, -0.05) is 60.7 Å². The summed E-state index contributed by atoms with van der Waals surface area (Å²) >= 11 is 0. The summed E-state index contributed by atoms with van der Waals surface area (Å²) in [6, 6.07) is 20.8. The van der Waals surface area contributed by atoms with Gasteiger partial charge < -0.3 is 11.1 Å². The van der Waals surface area contributed by atoms with E-state index in [4.69, 9.17) is 11.1 Å². The fourth-order valence-electron chi connectivity index (χ4n) is 1.26. The highest BCUT2D eigenvalue weighted by Crippen LogP contribution is 2.17. The molecule has 0 saturated carbocycles. The molecule has 0 N–H and O–H groups in total. The lowest BCUT2D eigenvalue weighted by Crippen LogP contribution is -1.73. The molecular weight excluding hydrogens is 197 g/mol. The van der Waals surface area contributed by atoms with Gasteiger partial charge >= 0.3 is 0 Å². The molecule has 0 radical (unpaired) electrons. The summed E-state index contributed by atoms with van der Waals surface area (Å²) < 4.78 is 0. The Kier molecular flexibility index (Phi) is 7.04. The number of nitrogens with zero attached hydrogens (tertiary/aromatic N) is 3. The van der Waals surface area contributed by atoms with E-state index in [9.17, 15) is 0 Å². The smallest absolute Gasteiger partial charge is 0.0814 e. The molecule has 2 aromatic rings. The highest BCUT2D eigenvalue weighted by Gasteiger charge is 1.91. The van der Waals surface area contributed by atoms with E-state index in [0.717, 1.165) is 0 Å². The molecule has 0 saturated heterocycles. The first-order valence-corrected chi connectivity index (χ1v) is 4.47. The van der Waals surface area contributed by atoms with Crippen LogP contribution in [-0.2, 0) is 0 Å². The van der Waals surface area contributed by atoms with Crippen molar-refractivity contribution in [1.82, 2.24) is 0 Å². The van der Waals surface area contributed by atoms with Gasteiger partial charge in [0.25, 0.3) is 0 Å². The van der Waals surface area contributed by atoms with E-state index >= 15 is 0 Å². The Bertz CT molecular complexity index is 385. The van der Waals surface area contributed by atoms with E-state index in [0.29, 0.717) is 0 Å². The van der Waals surface area contributed by atoms with E-state index in [2.05, 4.69) is 48.5 Å². The first kappa shape index (κ1) is 13.8. The first-order chi connectivity index (χ1) is 7.38. The Morgan fingerprint density at radius 3 is 1.12 bits per heavy atom. The number of hydrogen-bond donors (Lipinski definition) is 0. The lowest BCUT2D eigenvalue weighted by molar-refractivity contribution is 1.62. The minimum atomic E-state index is 0.